The highest BCUT2D eigenvalue weighted by atomic mass is 16.5. The highest BCUT2D eigenvalue weighted by Crippen LogP contribution is 2.28. The van der Waals surface area contributed by atoms with Crippen LogP contribution in [-0.4, -0.2) is 32.3 Å². The van der Waals surface area contributed by atoms with E-state index in [1.54, 1.807) is 24.9 Å². The summed E-state index contributed by atoms with van der Waals surface area (Å²) in [5.74, 6) is -0.624. The molecule has 0 aliphatic heterocycles. The van der Waals surface area contributed by atoms with Gasteiger partial charge in [0.05, 0.1) is 30.0 Å². The SMILES string of the molecule is CCOC(=O)C(C)(C#N)c1ncnc2c1cnn2C. The van der Waals surface area contributed by atoms with E-state index in [0.717, 1.165) is 0 Å². The molecule has 0 saturated heterocycles. The first-order valence-electron chi connectivity index (χ1n) is 5.76. The van der Waals surface area contributed by atoms with Crippen LogP contribution in [0.25, 0.3) is 11.0 Å². The minimum Gasteiger partial charge on any atom is -0.465 e. The van der Waals surface area contributed by atoms with Crippen LogP contribution >= 0.6 is 0 Å². The van der Waals surface area contributed by atoms with Gasteiger partial charge in [0.1, 0.15) is 6.33 Å². The number of esters is 1. The molecule has 0 aromatic carbocycles. The predicted molar refractivity (Wildman–Crippen MR) is 65.9 cm³/mol. The molecule has 0 bridgehead atoms. The van der Waals surface area contributed by atoms with Crippen molar-refractivity contribution in [1.29, 1.82) is 5.26 Å². The van der Waals surface area contributed by atoms with Crippen molar-refractivity contribution >= 4 is 17.0 Å². The number of hydrogen-bond donors (Lipinski definition) is 0. The molecule has 19 heavy (non-hydrogen) atoms. The van der Waals surface area contributed by atoms with Gasteiger partial charge in [0.25, 0.3) is 0 Å². The first-order valence-corrected chi connectivity index (χ1v) is 5.76. The van der Waals surface area contributed by atoms with Crippen molar-refractivity contribution in [3.8, 4) is 6.07 Å². The molecular weight excluding hydrogens is 246 g/mol. The molecule has 0 saturated carbocycles. The van der Waals surface area contributed by atoms with Crippen LogP contribution in [0.5, 0.6) is 0 Å². The summed E-state index contributed by atoms with van der Waals surface area (Å²) in [7, 11) is 1.73. The maximum absolute atomic E-state index is 12.0. The van der Waals surface area contributed by atoms with Crippen LogP contribution in [0.2, 0.25) is 0 Å². The number of nitriles is 1. The van der Waals surface area contributed by atoms with Crippen molar-refractivity contribution in [2.75, 3.05) is 6.61 Å². The van der Waals surface area contributed by atoms with E-state index < -0.39 is 11.4 Å². The van der Waals surface area contributed by atoms with Gasteiger partial charge in [0, 0.05) is 7.05 Å². The molecule has 0 radical (unpaired) electrons. The fraction of sp³-hybridized carbons (Fsp3) is 0.417. The smallest absolute Gasteiger partial charge is 0.332 e. The number of ether oxygens (including phenoxy) is 1. The van der Waals surface area contributed by atoms with E-state index in [1.807, 2.05) is 6.07 Å². The largest absolute Gasteiger partial charge is 0.465 e. The fourth-order valence-corrected chi connectivity index (χ4v) is 1.83. The topological polar surface area (TPSA) is 93.7 Å². The second kappa shape index (κ2) is 4.65. The molecule has 0 fully saturated rings. The molecule has 2 rings (SSSR count). The minimum absolute atomic E-state index is 0.206. The van der Waals surface area contributed by atoms with Gasteiger partial charge in [0.15, 0.2) is 11.1 Å². The van der Waals surface area contributed by atoms with Crippen molar-refractivity contribution in [2.24, 2.45) is 7.05 Å². The lowest BCUT2D eigenvalue weighted by Gasteiger charge is -2.19. The number of carbonyl (C=O) groups is 1. The molecule has 7 nitrogen and oxygen atoms in total. The molecule has 0 N–H and O–H groups in total. The zero-order valence-electron chi connectivity index (χ0n) is 10.9. The Bertz CT molecular complexity index is 672. The van der Waals surface area contributed by atoms with Gasteiger partial charge in [-0.2, -0.15) is 10.4 Å². The Labute approximate surface area is 109 Å². The number of hydrogen-bond acceptors (Lipinski definition) is 6. The highest BCUT2D eigenvalue weighted by Gasteiger charge is 2.40. The predicted octanol–water partition coefficient (Wildman–Crippen LogP) is 0.708. The number of aryl methyl sites for hydroxylation is 1. The standard InChI is InChI=1S/C12H13N5O2/c1-4-19-11(18)12(2,6-13)9-8-5-16-17(3)10(8)15-7-14-9/h5,7H,4H2,1-3H3. The summed E-state index contributed by atoms with van der Waals surface area (Å²) in [5.41, 5.74) is -0.595. The second-order valence-corrected chi connectivity index (χ2v) is 4.19. The van der Waals surface area contributed by atoms with Gasteiger partial charge in [-0.05, 0) is 13.8 Å². The normalized spacial score (nSPS) is 13.8. The summed E-state index contributed by atoms with van der Waals surface area (Å²) in [6, 6.07) is 1.98. The summed E-state index contributed by atoms with van der Waals surface area (Å²) >= 11 is 0. The van der Waals surface area contributed by atoms with Gasteiger partial charge < -0.3 is 4.74 Å². The number of nitrogens with zero attached hydrogens (tertiary/aromatic N) is 5. The van der Waals surface area contributed by atoms with Crippen molar-refractivity contribution < 1.29 is 9.53 Å². The third-order valence-electron chi connectivity index (χ3n) is 2.91. The molecule has 0 amide bonds. The molecular formula is C12H13N5O2. The Hall–Kier alpha value is -2.49. The van der Waals surface area contributed by atoms with Crippen molar-refractivity contribution in [1.82, 2.24) is 19.7 Å². The summed E-state index contributed by atoms with van der Waals surface area (Å²) < 4.78 is 6.52. The first kappa shape index (κ1) is 13.0. The Kier molecular flexibility index (Phi) is 3.17. The molecule has 2 aromatic rings. The molecule has 0 spiro atoms. The highest BCUT2D eigenvalue weighted by molar-refractivity contribution is 5.91. The second-order valence-electron chi connectivity index (χ2n) is 4.19. The van der Waals surface area contributed by atoms with Gasteiger partial charge in [-0.25, -0.2) is 14.8 Å². The molecule has 98 valence electrons. The summed E-state index contributed by atoms with van der Waals surface area (Å²) in [6.45, 7) is 3.38. The van der Waals surface area contributed by atoms with E-state index >= 15 is 0 Å². The van der Waals surface area contributed by atoms with E-state index in [2.05, 4.69) is 15.1 Å². The molecule has 1 atom stereocenters. The van der Waals surface area contributed by atoms with Gasteiger partial charge in [-0.1, -0.05) is 0 Å². The molecule has 2 aromatic heterocycles. The molecule has 2 heterocycles. The van der Waals surface area contributed by atoms with Gasteiger partial charge in [0.2, 0.25) is 0 Å². The van der Waals surface area contributed by atoms with E-state index in [4.69, 9.17) is 4.74 Å². The van der Waals surface area contributed by atoms with Crippen molar-refractivity contribution in [3.63, 3.8) is 0 Å². The van der Waals surface area contributed by atoms with Crippen LogP contribution < -0.4 is 0 Å². The quantitative estimate of drug-likeness (QED) is 0.753. The summed E-state index contributed by atoms with van der Waals surface area (Å²) in [4.78, 5) is 20.2. The van der Waals surface area contributed by atoms with Crippen LogP contribution in [-0.2, 0) is 22.0 Å². The number of aromatic nitrogens is 4. The van der Waals surface area contributed by atoms with E-state index in [0.29, 0.717) is 16.7 Å². The Balaban J connectivity index is 2.65. The van der Waals surface area contributed by atoms with Crippen molar-refractivity contribution in [2.45, 2.75) is 19.3 Å². The van der Waals surface area contributed by atoms with Gasteiger partial charge in [-0.3, -0.25) is 4.68 Å². The maximum atomic E-state index is 12.0. The lowest BCUT2D eigenvalue weighted by atomic mass is 9.87. The average Bonchev–Trinajstić information content (AvgIpc) is 2.80. The lowest BCUT2D eigenvalue weighted by Crippen LogP contribution is -2.34. The van der Waals surface area contributed by atoms with Gasteiger partial charge in [-0.15, -0.1) is 0 Å². The molecule has 0 aliphatic rings. The first-order chi connectivity index (χ1) is 9.04. The third kappa shape index (κ3) is 1.91. The molecule has 7 heteroatoms. The third-order valence-corrected chi connectivity index (χ3v) is 2.91. The van der Waals surface area contributed by atoms with Gasteiger partial charge >= 0.3 is 5.97 Å². The Morgan fingerprint density at radius 3 is 2.95 bits per heavy atom. The number of fused-ring (bicyclic) bond motifs is 1. The zero-order valence-corrected chi connectivity index (χ0v) is 10.9. The monoisotopic (exact) mass is 259 g/mol. The number of carbonyl (C=O) groups excluding carboxylic acids is 1. The Morgan fingerprint density at radius 1 is 1.58 bits per heavy atom. The number of rotatable bonds is 3. The average molecular weight is 259 g/mol. The molecule has 1 unspecified atom stereocenters. The summed E-state index contributed by atoms with van der Waals surface area (Å²) in [6.07, 6.45) is 2.85. The van der Waals surface area contributed by atoms with Crippen LogP contribution in [0.1, 0.15) is 19.5 Å². The van der Waals surface area contributed by atoms with Crippen LogP contribution in [0.3, 0.4) is 0 Å². The minimum atomic E-state index is -1.47. The van der Waals surface area contributed by atoms with E-state index in [9.17, 15) is 10.1 Å². The maximum Gasteiger partial charge on any atom is 0.332 e. The fourth-order valence-electron chi connectivity index (χ4n) is 1.83. The zero-order chi connectivity index (χ0) is 14.0. The summed E-state index contributed by atoms with van der Waals surface area (Å²) in [5, 5.41) is 14.0. The van der Waals surface area contributed by atoms with Crippen LogP contribution in [0.4, 0.5) is 0 Å². The van der Waals surface area contributed by atoms with E-state index in [-0.39, 0.29) is 6.61 Å². The van der Waals surface area contributed by atoms with Crippen LogP contribution in [0, 0.1) is 11.3 Å². The Morgan fingerprint density at radius 2 is 2.32 bits per heavy atom. The lowest BCUT2D eigenvalue weighted by molar-refractivity contribution is -0.147. The molecule has 0 aliphatic carbocycles. The van der Waals surface area contributed by atoms with Crippen molar-refractivity contribution in [3.05, 3.63) is 18.2 Å². The van der Waals surface area contributed by atoms with E-state index in [1.165, 1.54) is 13.3 Å². The van der Waals surface area contributed by atoms with Crippen LogP contribution in [0.15, 0.2) is 12.5 Å².